The van der Waals surface area contributed by atoms with Gasteiger partial charge in [-0.3, -0.25) is 0 Å². The third kappa shape index (κ3) is 3.04. The molecule has 0 spiro atoms. The van der Waals surface area contributed by atoms with E-state index >= 15 is 0 Å². The Kier molecular flexibility index (Phi) is 4.66. The Morgan fingerprint density at radius 2 is 1.86 bits per heavy atom. The van der Waals surface area contributed by atoms with Gasteiger partial charge >= 0.3 is 0 Å². The second kappa shape index (κ2) is 7.18. The van der Waals surface area contributed by atoms with Crippen molar-refractivity contribution in [2.24, 2.45) is 0 Å². The van der Waals surface area contributed by atoms with Crippen LogP contribution in [0.1, 0.15) is 27.8 Å². The summed E-state index contributed by atoms with van der Waals surface area (Å²) >= 11 is 3.29. The third-order valence-corrected chi connectivity index (χ3v) is 8.84. The molecule has 2 aliphatic heterocycles. The molecule has 146 valence electrons. The fourth-order valence-electron chi connectivity index (χ4n) is 3.73. The summed E-state index contributed by atoms with van der Waals surface area (Å²) in [5.41, 5.74) is 1.09. The number of nitrogens with zero attached hydrogens (tertiary/aromatic N) is 1. The molecule has 3 aromatic rings. The van der Waals surface area contributed by atoms with Crippen LogP contribution in [0.25, 0.3) is 0 Å². The molecule has 0 bridgehead atoms. The number of benzene rings is 1. The fourth-order valence-corrected chi connectivity index (χ4v) is 7.16. The maximum absolute atomic E-state index is 13.6. The predicted octanol–water partition coefficient (Wildman–Crippen LogP) is 4.31. The summed E-state index contributed by atoms with van der Waals surface area (Å²) < 4.78 is 40.3. The zero-order chi connectivity index (χ0) is 19.1. The van der Waals surface area contributed by atoms with Gasteiger partial charge in [-0.25, -0.2) is 8.42 Å². The summed E-state index contributed by atoms with van der Waals surface area (Å²) in [5.74, 6) is 1.10. The van der Waals surface area contributed by atoms with Crippen LogP contribution in [0.4, 0.5) is 0 Å². The summed E-state index contributed by atoms with van der Waals surface area (Å²) in [4.78, 5) is 2.55. The molecule has 1 aromatic carbocycles. The molecule has 0 radical (unpaired) electrons. The number of ether oxygens (including phenoxy) is 2. The molecule has 2 aliphatic rings. The molecule has 0 fully saturated rings. The summed E-state index contributed by atoms with van der Waals surface area (Å²) in [6, 6.07) is 10.7. The molecule has 28 heavy (non-hydrogen) atoms. The minimum Gasteiger partial charge on any atom is -0.490 e. The molecule has 4 heterocycles. The second-order valence-corrected chi connectivity index (χ2v) is 10.6. The number of hydrogen-bond donors (Lipinski definition) is 0. The van der Waals surface area contributed by atoms with Gasteiger partial charge in [0.05, 0.1) is 24.2 Å². The highest BCUT2D eigenvalue weighted by atomic mass is 32.2. The summed E-state index contributed by atoms with van der Waals surface area (Å²) in [5, 5.41) is 4.04. The predicted molar refractivity (Wildman–Crippen MR) is 110 cm³/mol. The Morgan fingerprint density at radius 3 is 2.68 bits per heavy atom. The topological polar surface area (TPSA) is 55.8 Å². The van der Waals surface area contributed by atoms with Crippen molar-refractivity contribution in [3.8, 4) is 11.5 Å². The van der Waals surface area contributed by atoms with Gasteiger partial charge in [0, 0.05) is 28.8 Å². The van der Waals surface area contributed by atoms with Crippen LogP contribution in [-0.4, -0.2) is 32.5 Å². The van der Waals surface area contributed by atoms with Crippen molar-refractivity contribution in [1.82, 2.24) is 4.31 Å². The van der Waals surface area contributed by atoms with Crippen LogP contribution in [0.3, 0.4) is 0 Å². The first-order chi connectivity index (χ1) is 13.6. The van der Waals surface area contributed by atoms with Crippen molar-refractivity contribution < 1.29 is 17.9 Å². The lowest BCUT2D eigenvalue weighted by molar-refractivity contribution is 0.296. The fraction of sp³-hybridized carbons (Fsp3) is 0.300. The Morgan fingerprint density at radius 1 is 1.00 bits per heavy atom. The molecule has 0 unspecified atom stereocenters. The highest BCUT2D eigenvalue weighted by Crippen LogP contribution is 2.43. The van der Waals surface area contributed by atoms with Gasteiger partial charge in [0.2, 0.25) is 10.0 Å². The van der Waals surface area contributed by atoms with Gasteiger partial charge in [0.1, 0.15) is 0 Å². The van der Waals surface area contributed by atoms with E-state index in [2.05, 4.69) is 11.4 Å². The minimum absolute atomic E-state index is 0.247. The molecular weight excluding hydrogens is 414 g/mol. The smallest absolute Gasteiger partial charge is 0.244 e. The SMILES string of the molecule is O=S(=O)(c1ccc2c(c1)OCCCO2)N1CCc2sccc2[C@@H]1c1cccs1. The first kappa shape index (κ1) is 18.2. The van der Waals surface area contributed by atoms with Crippen molar-refractivity contribution in [2.75, 3.05) is 19.8 Å². The Bertz CT molecular complexity index is 1090. The van der Waals surface area contributed by atoms with Crippen molar-refractivity contribution in [1.29, 1.82) is 0 Å². The van der Waals surface area contributed by atoms with Crippen LogP contribution in [0.5, 0.6) is 11.5 Å². The van der Waals surface area contributed by atoms with E-state index in [9.17, 15) is 8.42 Å². The van der Waals surface area contributed by atoms with Crippen LogP contribution in [0.2, 0.25) is 0 Å². The van der Waals surface area contributed by atoms with Crippen LogP contribution < -0.4 is 9.47 Å². The van der Waals surface area contributed by atoms with Gasteiger partial charge in [-0.15, -0.1) is 22.7 Å². The lowest BCUT2D eigenvalue weighted by Crippen LogP contribution is -2.39. The van der Waals surface area contributed by atoms with E-state index in [0.29, 0.717) is 31.3 Å². The summed E-state index contributed by atoms with van der Waals surface area (Å²) in [6.45, 7) is 1.57. The Balaban J connectivity index is 1.58. The number of rotatable bonds is 3. The van der Waals surface area contributed by atoms with E-state index < -0.39 is 10.0 Å². The highest BCUT2D eigenvalue weighted by molar-refractivity contribution is 7.89. The zero-order valence-electron chi connectivity index (χ0n) is 15.0. The normalized spacial score (nSPS) is 19.8. The number of fused-ring (bicyclic) bond motifs is 2. The van der Waals surface area contributed by atoms with Gasteiger partial charge in [0.25, 0.3) is 0 Å². The number of hydrogen-bond acceptors (Lipinski definition) is 6. The molecule has 0 saturated carbocycles. The van der Waals surface area contributed by atoms with Gasteiger partial charge in [-0.1, -0.05) is 6.07 Å². The van der Waals surface area contributed by atoms with Crippen molar-refractivity contribution >= 4 is 32.7 Å². The molecule has 0 aliphatic carbocycles. The van der Waals surface area contributed by atoms with Crippen LogP contribution in [0, 0.1) is 0 Å². The average molecular weight is 434 g/mol. The van der Waals surface area contributed by atoms with Crippen LogP contribution in [0.15, 0.2) is 52.1 Å². The van der Waals surface area contributed by atoms with Crippen LogP contribution >= 0.6 is 22.7 Å². The summed E-state index contributed by atoms with van der Waals surface area (Å²) in [7, 11) is -3.69. The first-order valence-electron chi connectivity index (χ1n) is 9.16. The minimum atomic E-state index is -3.69. The van der Waals surface area contributed by atoms with E-state index in [1.54, 1.807) is 45.2 Å². The monoisotopic (exact) mass is 433 g/mol. The summed E-state index contributed by atoms with van der Waals surface area (Å²) in [6.07, 6.45) is 1.52. The van der Waals surface area contributed by atoms with Crippen molar-refractivity contribution in [3.63, 3.8) is 0 Å². The highest BCUT2D eigenvalue weighted by Gasteiger charge is 2.38. The quantitative estimate of drug-likeness (QED) is 0.618. The van der Waals surface area contributed by atoms with Crippen LogP contribution in [-0.2, 0) is 16.4 Å². The third-order valence-electron chi connectivity index (χ3n) is 5.06. The lowest BCUT2D eigenvalue weighted by atomic mass is 10.0. The molecule has 5 rings (SSSR count). The molecule has 0 amide bonds. The van der Waals surface area contributed by atoms with Gasteiger partial charge in [-0.05, 0) is 47.0 Å². The molecular formula is C20H19NO4S3. The van der Waals surface area contributed by atoms with Gasteiger partial charge in [-0.2, -0.15) is 4.31 Å². The Hall–Kier alpha value is -1.87. The van der Waals surface area contributed by atoms with E-state index in [-0.39, 0.29) is 10.9 Å². The van der Waals surface area contributed by atoms with Gasteiger partial charge < -0.3 is 9.47 Å². The standard InChI is InChI=1S/C20H19NO4S3/c22-28(23,14-4-5-16-17(13-14)25-10-2-9-24-16)21-8-6-18-15(7-12-27-18)20(21)19-3-1-11-26-19/h1,3-5,7,11-13,20H,2,6,8-10H2/t20-/m1/s1. The van der Waals surface area contributed by atoms with E-state index in [1.807, 2.05) is 17.5 Å². The molecule has 5 nitrogen and oxygen atoms in total. The number of sulfonamides is 1. The van der Waals surface area contributed by atoms with E-state index in [0.717, 1.165) is 23.3 Å². The average Bonchev–Trinajstić information content (AvgIpc) is 3.34. The maximum atomic E-state index is 13.6. The lowest BCUT2D eigenvalue weighted by Gasteiger charge is -2.34. The van der Waals surface area contributed by atoms with Crippen molar-refractivity contribution in [2.45, 2.75) is 23.8 Å². The molecule has 0 saturated heterocycles. The van der Waals surface area contributed by atoms with Crippen molar-refractivity contribution in [3.05, 3.63) is 62.5 Å². The van der Waals surface area contributed by atoms with Gasteiger partial charge in [0.15, 0.2) is 11.5 Å². The molecule has 2 aromatic heterocycles. The Labute approximate surface area is 172 Å². The zero-order valence-corrected chi connectivity index (χ0v) is 17.5. The van der Waals surface area contributed by atoms with E-state index in [1.165, 1.54) is 4.88 Å². The first-order valence-corrected chi connectivity index (χ1v) is 12.4. The maximum Gasteiger partial charge on any atom is 0.244 e. The van der Waals surface area contributed by atoms with E-state index in [4.69, 9.17) is 9.47 Å². The molecule has 8 heteroatoms. The molecule has 0 N–H and O–H groups in total. The number of thiophene rings is 2. The molecule has 1 atom stereocenters. The second-order valence-electron chi connectivity index (χ2n) is 6.74. The largest absolute Gasteiger partial charge is 0.490 e.